The average Bonchev–Trinajstić information content (AvgIpc) is 2.72. The van der Waals surface area contributed by atoms with Crippen LogP contribution in [0.15, 0.2) is 121 Å². The minimum atomic E-state index is -1.63. The van der Waals surface area contributed by atoms with Gasteiger partial charge in [-0.25, -0.2) is 0 Å². The molecule has 0 fully saturated rings. The molecule has 0 nitrogen and oxygen atoms in total. The number of hydrogen-bond donors (Lipinski definition) is 0. The topological polar surface area (TPSA) is 0 Å². The molecule has 4 aromatic carbocycles. The first-order valence-corrected chi connectivity index (χ1v) is 13.4. The van der Waals surface area contributed by atoms with Crippen molar-refractivity contribution in [1.29, 1.82) is 0 Å². The van der Waals surface area contributed by atoms with Crippen LogP contribution in [0.5, 0.6) is 0 Å². The van der Waals surface area contributed by atoms with Crippen molar-refractivity contribution in [3.8, 4) is 0 Å². The van der Waals surface area contributed by atoms with E-state index in [1.807, 2.05) is 6.07 Å². The monoisotopic (exact) mass is 458 g/mol. The SMILES string of the molecule is [GeH2][c]1ccccc1.c1cc[c]([Ge]([c]2ccccc2)[c]2ccccc2)cc1. The van der Waals surface area contributed by atoms with Crippen LogP contribution in [0.3, 0.4) is 0 Å². The van der Waals surface area contributed by atoms with Gasteiger partial charge in [0.25, 0.3) is 0 Å². The Balaban J connectivity index is 0.000000236. The molecule has 0 saturated carbocycles. The van der Waals surface area contributed by atoms with E-state index in [9.17, 15) is 0 Å². The molecule has 0 aliphatic heterocycles. The third kappa shape index (κ3) is 5.48. The van der Waals surface area contributed by atoms with Crippen molar-refractivity contribution < 1.29 is 0 Å². The Kier molecular flexibility index (Phi) is 7.35. The van der Waals surface area contributed by atoms with Crippen molar-refractivity contribution in [1.82, 2.24) is 0 Å². The van der Waals surface area contributed by atoms with E-state index in [1.54, 1.807) is 0 Å². The Morgan fingerprint density at radius 3 is 0.885 bits per heavy atom. The summed E-state index contributed by atoms with van der Waals surface area (Å²) in [5.41, 5.74) is 0. The zero-order chi connectivity index (χ0) is 18.0. The minimum absolute atomic E-state index is 1.26. The molecule has 0 aromatic heterocycles. The van der Waals surface area contributed by atoms with E-state index in [0.29, 0.717) is 0 Å². The summed E-state index contributed by atoms with van der Waals surface area (Å²) < 4.78 is 5.95. The first-order valence-electron chi connectivity index (χ1n) is 8.75. The second-order valence-corrected chi connectivity index (χ2v) is 12.9. The summed E-state index contributed by atoms with van der Waals surface area (Å²) in [5, 5.41) is 0. The normalized spacial score (nSPS) is 10.1. The summed E-state index contributed by atoms with van der Waals surface area (Å²) in [6.45, 7) is 0. The van der Waals surface area contributed by atoms with Crippen LogP contribution in [0.2, 0.25) is 0 Å². The van der Waals surface area contributed by atoms with Crippen molar-refractivity contribution in [2.45, 2.75) is 0 Å². The van der Waals surface area contributed by atoms with Crippen LogP contribution in [-0.4, -0.2) is 30.9 Å². The first-order chi connectivity index (χ1) is 12.8. The van der Waals surface area contributed by atoms with Gasteiger partial charge in [-0.3, -0.25) is 0 Å². The third-order valence-corrected chi connectivity index (χ3v) is 10.8. The Morgan fingerprint density at radius 2 is 0.654 bits per heavy atom. The molecule has 0 spiro atoms. The molecule has 2 heteroatoms. The summed E-state index contributed by atoms with van der Waals surface area (Å²) in [4.78, 5) is 0. The van der Waals surface area contributed by atoms with Crippen molar-refractivity contribution >= 4 is 48.4 Å². The van der Waals surface area contributed by atoms with Crippen LogP contribution >= 0.6 is 0 Å². The Labute approximate surface area is 169 Å². The Morgan fingerprint density at radius 1 is 0.385 bits per heavy atom. The van der Waals surface area contributed by atoms with Gasteiger partial charge in [-0.2, -0.15) is 0 Å². The molecule has 4 aromatic rings. The van der Waals surface area contributed by atoms with E-state index < -0.39 is 14.3 Å². The van der Waals surface area contributed by atoms with E-state index in [4.69, 9.17) is 0 Å². The molecule has 0 amide bonds. The molecule has 0 saturated heterocycles. The van der Waals surface area contributed by atoms with E-state index in [0.717, 1.165) is 0 Å². The number of hydrogen-bond acceptors (Lipinski definition) is 0. The van der Waals surface area contributed by atoms with Gasteiger partial charge >= 0.3 is 170 Å². The molecular formula is C24H22Ge2. The molecule has 0 heterocycles. The van der Waals surface area contributed by atoms with E-state index in [2.05, 4.69) is 115 Å². The maximum absolute atomic E-state index is 2.27. The fourth-order valence-corrected chi connectivity index (χ4v) is 8.77. The maximum atomic E-state index is 2.27. The molecule has 0 aliphatic rings. The van der Waals surface area contributed by atoms with Crippen LogP contribution < -0.4 is 17.6 Å². The van der Waals surface area contributed by atoms with Crippen molar-refractivity contribution in [3.63, 3.8) is 0 Å². The quantitative estimate of drug-likeness (QED) is 0.416. The van der Waals surface area contributed by atoms with Crippen LogP contribution in [0, 0.1) is 0 Å². The van der Waals surface area contributed by atoms with Crippen molar-refractivity contribution in [2.75, 3.05) is 0 Å². The average molecular weight is 456 g/mol. The third-order valence-electron chi connectivity index (χ3n) is 4.03. The summed E-state index contributed by atoms with van der Waals surface area (Å²) in [6.07, 6.45) is 0. The van der Waals surface area contributed by atoms with Crippen LogP contribution in [-0.2, 0) is 0 Å². The van der Waals surface area contributed by atoms with Gasteiger partial charge in [0, 0.05) is 0 Å². The molecule has 0 N–H and O–H groups in total. The van der Waals surface area contributed by atoms with Crippen LogP contribution in [0.25, 0.3) is 0 Å². The van der Waals surface area contributed by atoms with Gasteiger partial charge < -0.3 is 0 Å². The van der Waals surface area contributed by atoms with E-state index in [1.165, 1.54) is 34.1 Å². The van der Waals surface area contributed by atoms with Crippen LogP contribution in [0.4, 0.5) is 0 Å². The fourth-order valence-electron chi connectivity index (χ4n) is 2.79. The summed E-state index contributed by atoms with van der Waals surface area (Å²) in [5.74, 6) is 0. The Hall–Kier alpha value is -2.03. The first kappa shape index (κ1) is 18.7. The van der Waals surface area contributed by atoms with Crippen molar-refractivity contribution in [2.24, 2.45) is 0 Å². The number of rotatable bonds is 3. The summed E-state index contributed by atoms with van der Waals surface area (Å²) >= 11 is -0.368. The standard InChI is InChI=1S/C18H15Ge.C6H7Ge/c1-4-10-16(11-5-1)19(17-12-6-2-7-13-17)18-14-8-3-9-15-18;7-6-4-2-1-3-5-6/h1-15H;1-5H,7H2. The zero-order valence-corrected chi connectivity index (χ0v) is 19.8. The number of benzene rings is 4. The molecule has 2 radical (unpaired) electrons. The van der Waals surface area contributed by atoms with Crippen molar-refractivity contribution in [3.05, 3.63) is 121 Å². The van der Waals surface area contributed by atoms with E-state index >= 15 is 0 Å². The van der Waals surface area contributed by atoms with Gasteiger partial charge in [-0.05, 0) is 0 Å². The summed E-state index contributed by atoms with van der Waals surface area (Å²) in [6, 6.07) is 43.3. The second-order valence-electron chi connectivity index (χ2n) is 5.96. The predicted molar refractivity (Wildman–Crippen MR) is 119 cm³/mol. The van der Waals surface area contributed by atoms with Gasteiger partial charge in [-0.15, -0.1) is 0 Å². The van der Waals surface area contributed by atoms with E-state index in [-0.39, 0.29) is 0 Å². The summed E-state index contributed by atoms with van der Waals surface area (Å²) in [7, 11) is 0. The van der Waals surface area contributed by atoms with Gasteiger partial charge in [-0.1, -0.05) is 0 Å². The molecule has 0 atom stereocenters. The van der Waals surface area contributed by atoms with Crippen LogP contribution in [0.1, 0.15) is 0 Å². The molecule has 26 heavy (non-hydrogen) atoms. The predicted octanol–water partition coefficient (Wildman–Crippen LogP) is 2.15. The van der Waals surface area contributed by atoms with Gasteiger partial charge in [0.2, 0.25) is 0 Å². The molecule has 0 unspecified atom stereocenters. The van der Waals surface area contributed by atoms with Gasteiger partial charge in [0.05, 0.1) is 0 Å². The molecule has 0 bridgehead atoms. The van der Waals surface area contributed by atoms with Gasteiger partial charge in [0.15, 0.2) is 0 Å². The Bertz CT molecular complexity index is 782. The zero-order valence-electron chi connectivity index (χ0n) is 14.8. The fraction of sp³-hybridized carbons (Fsp3) is 0. The molecular weight excluding hydrogens is 433 g/mol. The molecule has 126 valence electrons. The molecule has 0 aliphatic carbocycles. The molecule has 4 rings (SSSR count). The van der Waals surface area contributed by atoms with Gasteiger partial charge in [0.1, 0.15) is 0 Å². The second kappa shape index (κ2) is 10.2.